The summed E-state index contributed by atoms with van der Waals surface area (Å²) in [6.07, 6.45) is 0.946. The Morgan fingerprint density at radius 1 is 1.31 bits per heavy atom. The van der Waals surface area contributed by atoms with Gasteiger partial charge >= 0.3 is 12.1 Å². The van der Waals surface area contributed by atoms with Gasteiger partial charge in [-0.05, 0) is 34.6 Å². The van der Waals surface area contributed by atoms with Crippen LogP contribution in [0.25, 0.3) is 10.9 Å². The molecule has 0 N–H and O–H groups in total. The summed E-state index contributed by atoms with van der Waals surface area (Å²) in [5.41, 5.74) is 0.121. The maximum absolute atomic E-state index is 12.8. The average Bonchev–Trinajstić information content (AvgIpc) is 3.05. The van der Waals surface area contributed by atoms with Crippen LogP contribution in [0.5, 0.6) is 0 Å². The quantitative estimate of drug-likeness (QED) is 0.740. The molecule has 1 fully saturated rings. The standard InChI is InChI=1S/C17H22ClN5O3/c1-10(2)23-12-8-13(18)19-9-11(12)14(20-23)21-6-7-22(15(21)24)16(25)26-17(3,4)5/h8-10H,6-7H2,1-5H3. The van der Waals surface area contributed by atoms with Crippen molar-refractivity contribution in [1.29, 1.82) is 0 Å². The number of aromatic nitrogens is 3. The predicted molar refractivity (Wildman–Crippen MR) is 98.6 cm³/mol. The zero-order valence-corrected chi connectivity index (χ0v) is 16.2. The van der Waals surface area contributed by atoms with Crippen LogP contribution in [0, 0.1) is 0 Å². The number of fused-ring (bicyclic) bond motifs is 1. The van der Waals surface area contributed by atoms with E-state index in [1.807, 2.05) is 13.8 Å². The van der Waals surface area contributed by atoms with Gasteiger partial charge in [0.05, 0.1) is 17.4 Å². The van der Waals surface area contributed by atoms with Gasteiger partial charge in [0.15, 0.2) is 5.82 Å². The van der Waals surface area contributed by atoms with Crippen LogP contribution in [-0.2, 0) is 4.74 Å². The molecule has 2 aromatic rings. The highest BCUT2D eigenvalue weighted by molar-refractivity contribution is 6.30. The average molecular weight is 380 g/mol. The van der Waals surface area contributed by atoms with Crippen LogP contribution in [0.3, 0.4) is 0 Å². The minimum atomic E-state index is -0.669. The van der Waals surface area contributed by atoms with E-state index in [0.29, 0.717) is 22.9 Å². The van der Waals surface area contributed by atoms with Gasteiger partial charge in [-0.25, -0.2) is 19.5 Å². The van der Waals surface area contributed by atoms with Gasteiger partial charge in [-0.15, -0.1) is 0 Å². The molecule has 0 bridgehead atoms. The lowest BCUT2D eigenvalue weighted by atomic mass is 10.2. The van der Waals surface area contributed by atoms with Gasteiger partial charge in [0.2, 0.25) is 0 Å². The molecule has 0 unspecified atom stereocenters. The molecule has 0 atom stereocenters. The number of imide groups is 1. The predicted octanol–water partition coefficient (Wildman–Crippen LogP) is 3.84. The number of halogens is 1. The number of carbonyl (C=O) groups is 2. The molecule has 3 rings (SSSR count). The Morgan fingerprint density at radius 2 is 2.00 bits per heavy atom. The number of rotatable bonds is 2. The van der Waals surface area contributed by atoms with Gasteiger partial charge < -0.3 is 4.74 Å². The van der Waals surface area contributed by atoms with Crippen molar-refractivity contribution in [2.75, 3.05) is 18.0 Å². The summed E-state index contributed by atoms with van der Waals surface area (Å²) in [5.74, 6) is 0.467. The second-order valence-corrected chi connectivity index (χ2v) is 7.84. The Bertz CT molecular complexity index is 871. The van der Waals surface area contributed by atoms with E-state index in [4.69, 9.17) is 16.3 Å². The number of pyridine rings is 1. The van der Waals surface area contributed by atoms with E-state index in [9.17, 15) is 9.59 Å². The van der Waals surface area contributed by atoms with Crippen molar-refractivity contribution in [3.8, 4) is 0 Å². The van der Waals surface area contributed by atoms with Gasteiger partial charge in [0, 0.05) is 24.8 Å². The lowest BCUT2D eigenvalue weighted by Crippen LogP contribution is -2.40. The maximum Gasteiger partial charge on any atom is 0.418 e. The molecule has 3 heterocycles. The van der Waals surface area contributed by atoms with Crippen LogP contribution in [0.2, 0.25) is 5.15 Å². The smallest absolute Gasteiger partial charge is 0.418 e. The minimum absolute atomic E-state index is 0.0735. The number of amides is 3. The summed E-state index contributed by atoms with van der Waals surface area (Å²) in [5, 5.41) is 5.64. The topological polar surface area (TPSA) is 80.6 Å². The Kier molecular flexibility index (Phi) is 4.56. The van der Waals surface area contributed by atoms with E-state index in [1.54, 1.807) is 37.7 Å². The van der Waals surface area contributed by atoms with Crippen LogP contribution in [0.15, 0.2) is 12.3 Å². The normalized spacial score (nSPS) is 15.4. The first kappa shape index (κ1) is 18.4. The first-order valence-electron chi connectivity index (χ1n) is 8.44. The van der Waals surface area contributed by atoms with Crippen molar-refractivity contribution in [2.24, 2.45) is 0 Å². The number of anilines is 1. The zero-order chi connectivity index (χ0) is 19.2. The van der Waals surface area contributed by atoms with Gasteiger partial charge in [-0.1, -0.05) is 11.6 Å². The van der Waals surface area contributed by atoms with Crippen molar-refractivity contribution in [1.82, 2.24) is 19.7 Å². The van der Waals surface area contributed by atoms with Crippen LogP contribution in [0.4, 0.5) is 15.4 Å². The number of ether oxygens (including phenoxy) is 1. The Balaban J connectivity index is 1.95. The molecule has 0 saturated carbocycles. The number of nitrogens with zero attached hydrogens (tertiary/aromatic N) is 5. The van der Waals surface area contributed by atoms with Gasteiger partial charge in [0.1, 0.15) is 10.8 Å². The van der Waals surface area contributed by atoms with Gasteiger partial charge in [-0.2, -0.15) is 5.10 Å². The summed E-state index contributed by atoms with van der Waals surface area (Å²) >= 11 is 6.02. The van der Waals surface area contributed by atoms with Gasteiger partial charge in [-0.3, -0.25) is 9.58 Å². The second kappa shape index (κ2) is 6.42. The highest BCUT2D eigenvalue weighted by Crippen LogP contribution is 2.31. The SMILES string of the molecule is CC(C)n1nc(N2CCN(C(=O)OC(C)(C)C)C2=O)c2cnc(Cl)cc21. The molecular formula is C17H22ClN5O3. The first-order valence-corrected chi connectivity index (χ1v) is 8.82. The lowest BCUT2D eigenvalue weighted by Gasteiger charge is -2.23. The molecule has 1 aliphatic rings. The fourth-order valence-electron chi connectivity index (χ4n) is 2.80. The number of carbonyl (C=O) groups excluding carboxylic acids is 2. The molecule has 140 valence electrons. The van der Waals surface area contributed by atoms with Crippen molar-refractivity contribution in [2.45, 2.75) is 46.3 Å². The molecule has 0 aromatic carbocycles. The van der Waals surface area contributed by atoms with Crippen molar-refractivity contribution >= 4 is 40.4 Å². The number of hydrogen-bond acceptors (Lipinski definition) is 5. The van der Waals surface area contributed by atoms with E-state index in [1.165, 1.54) is 4.90 Å². The molecule has 8 nitrogen and oxygen atoms in total. The first-order chi connectivity index (χ1) is 12.1. The molecule has 3 amide bonds. The van der Waals surface area contributed by atoms with Crippen LogP contribution < -0.4 is 4.90 Å². The summed E-state index contributed by atoms with van der Waals surface area (Å²) < 4.78 is 7.10. The van der Waals surface area contributed by atoms with E-state index in [0.717, 1.165) is 10.4 Å². The second-order valence-electron chi connectivity index (χ2n) is 7.45. The van der Waals surface area contributed by atoms with E-state index >= 15 is 0 Å². The van der Waals surface area contributed by atoms with E-state index < -0.39 is 17.7 Å². The molecule has 0 radical (unpaired) electrons. The third-order valence-electron chi connectivity index (χ3n) is 3.91. The highest BCUT2D eigenvalue weighted by Gasteiger charge is 2.38. The summed E-state index contributed by atoms with van der Waals surface area (Å²) in [6.45, 7) is 9.84. The molecule has 0 aliphatic carbocycles. The van der Waals surface area contributed by atoms with Crippen molar-refractivity contribution in [3.63, 3.8) is 0 Å². The molecule has 9 heteroatoms. The summed E-state index contributed by atoms with van der Waals surface area (Å²) in [6, 6.07) is 1.34. The molecule has 0 spiro atoms. The molecule has 1 saturated heterocycles. The monoisotopic (exact) mass is 379 g/mol. The lowest BCUT2D eigenvalue weighted by molar-refractivity contribution is 0.0354. The number of urea groups is 1. The van der Waals surface area contributed by atoms with Crippen LogP contribution in [0.1, 0.15) is 40.7 Å². The Morgan fingerprint density at radius 3 is 2.62 bits per heavy atom. The van der Waals surface area contributed by atoms with Crippen LogP contribution in [-0.4, -0.2) is 50.5 Å². The summed E-state index contributed by atoms with van der Waals surface area (Å²) in [4.78, 5) is 31.7. The van der Waals surface area contributed by atoms with E-state index in [2.05, 4.69) is 10.1 Å². The fourth-order valence-corrected chi connectivity index (χ4v) is 2.96. The van der Waals surface area contributed by atoms with Crippen LogP contribution >= 0.6 is 11.6 Å². The fraction of sp³-hybridized carbons (Fsp3) is 0.529. The zero-order valence-electron chi connectivity index (χ0n) is 15.5. The van der Waals surface area contributed by atoms with E-state index in [-0.39, 0.29) is 12.6 Å². The highest BCUT2D eigenvalue weighted by atomic mass is 35.5. The molecule has 26 heavy (non-hydrogen) atoms. The van der Waals surface area contributed by atoms with Crippen molar-refractivity contribution in [3.05, 3.63) is 17.4 Å². The van der Waals surface area contributed by atoms with Gasteiger partial charge in [0.25, 0.3) is 0 Å². The molecule has 2 aromatic heterocycles. The maximum atomic E-state index is 12.8. The number of hydrogen-bond donors (Lipinski definition) is 0. The Hall–Kier alpha value is -2.35. The largest absolute Gasteiger partial charge is 0.443 e. The third-order valence-corrected chi connectivity index (χ3v) is 4.11. The molecule has 1 aliphatic heterocycles. The third kappa shape index (κ3) is 3.33. The van der Waals surface area contributed by atoms with Crippen molar-refractivity contribution < 1.29 is 14.3 Å². The summed E-state index contributed by atoms with van der Waals surface area (Å²) in [7, 11) is 0. The Labute approximate surface area is 156 Å². The molecular weight excluding hydrogens is 358 g/mol. The minimum Gasteiger partial charge on any atom is -0.443 e.